The van der Waals surface area contributed by atoms with Crippen LogP contribution in [-0.4, -0.2) is 11.7 Å². The van der Waals surface area contributed by atoms with Crippen LogP contribution in [0.5, 0.6) is 0 Å². The summed E-state index contributed by atoms with van der Waals surface area (Å²) in [6.07, 6.45) is 0.564. The molecule has 14 heavy (non-hydrogen) atoms. The third-order valence-electron chi connectivity index (χ3n) is 2.15. The quantitative estimate of drug-likeness (QED) is 0.893. The first-order chi connectivity index (χ1) is 6.56. The fourth-order valence-corrected chi connectivity index (χ4v) is 1.94. The number of aryl methyl sites for hydroxylation is 1. The van der Waals surface area contributed by atoms with Gasteiger partial charge in [0.1, 0.15) is 0 Å². The van der Waals surface area contributed by atoms with Crippen molar-refractivity contribution in [2.24, 2.45) is 5.73 Å². The lowest BCUT2D eigenvalue weighted by atomic mass is 10.00. The monoisotopic (exact) mass is 277 g/mol. The Hall–Kier alpha value is -0.0900. The third-order valence-corrected chi connectivity index (χ3v) is 3.35. The highest BCUT2D eigenvalue weighted by atomic mass is 79.9. The van der Waals surface area contributed by atoms with Crippen LogP contribution in [0.3, 0.4) is 0 Å². The third kappa shape index (κ3) is 2.70. The number of aliphatic hydroxyl groups is 1. The van der Waals surface area contributed by atoms with Gasteiger partial charge in [-0.3, -0.25) is 0 Å². The lowest BCUT2D eigenvalue weighted by molar-refractivity contribution is 0.276. The maximum absolute atomic E-state index is 8.79. The highest BCUT2D eigenvalue weighted by Crippen LogP contribution is 2.29. The Kier molecular flexibility index (Phi) is 4.38. The van der Waals surface area contributed by atoms with Gasteiger partial charge in [0.05, 0.1) is 5.02 Å². The van der Waals surface area contributed by atoms with Crippen LogP contribution in [0.1, 0.15) is 23.6 Å². The molecule has 0 aliphatic carbocycles. The molecule has 2 nitrogen and oxygen atoms in total. The van der Waals surface area contributed by atoms with Gasteiger partial charge in [-0.1, -0.05) is 11.6 Å². The molecule has 0 saturated heterocycles. The van der Waals surface area contributed by atoms with Crippen LogP contribution in [0.25, 0.3) is 0 Å². The van der Waals surface area contributed by atoms with Gasteiger partial charge in [-0.15, -0.1) is 0 Å². The highest BCUT2D eigenvalue weighted by molar-refractivity contribution is 9.10. The zero-order valence-electron chi connectivity index (χ0n) is 7.93. The van der Waals surface area contributed by atoms with Gasteiger partial charge in [-0.05, 0) is 52.5 Å². The standard InChI is InChI=1S/C10H13BrClNO/c1-6-4-9(12)8(11)5-7(6)10(13)2-3-14/h4-5,10,14H,2-3,13H2,1H3. The Morgan fingerprint density at radius 3 is 2.79 bits per heavy atom. The average Bonchev–Trinajstić information content (AvgIpc) is 2.11. The molecule has 0 radical (unpaired) electrons. The van der Waals surface area contributed by atoms with Gasteiger partial charge in [-0.25, -0.2) is 0 Å². The highest BCUT2D eigenvalue weighted by Gasteiger charge is 2.10. The minimum absolute atomic E-state index is 0.0981. The number of hydrogen-bond acceptors (Lipinski definition) is 2. The molecule has 0 saturated carbocycles. The van der Waals surface area contributed by atoms with E-state index in [0.29, 0.717) is 11.4 Å². The van der Waals surface area contributed by atoms with Gasteiger partial charge < -0.3 is 10.8 Å². The zero-order chi connectivity index (χ0) is 10.7. The van der Waals surface area contributed by atoms with Crippen molar-refractivity contribution in [3.05, 3.63) is 32.8 Å². The molecule has 1 unspecified atom stereocenters. The predicted molar refractivity (Wildman–Crippen MR) is 62.5 cm³/mol. The molecular weight excluding hydrogens is 265 g/mol. The topological polar surface area (TPSA) is 46.2 Å². The molecule has 0 amide bonds. The van der Waals surface area contributed by atoms with Crippen molar-refractivity contribution in [1.29, 1.82) is 0 Å². The number of rotatable bonds is 3. The lowest BCUT2D eigenvalue weighted by Gasteiger charge is -2.14. The molecule has 78 valence electrons. The number of nitrogens with two attached hydrogens (primary N) is 1. The van der Waals surface area contributed by atoms with E-state index in [-0.39, 0.29) is 12.6 Å². The first kappa shape index (κ1) is 12.0. The number of hydrogen-bond donors (Lipinski definition) is 2. The molecule has 0 bridgehead atoms. The summed E-state index contributed by atoms with van der Waals surface area (Å²) < 4.78 is 0.841. The van der Waals surface area contributed by atoms with Gasteiger partial charge >= 0.3 is 0 Å². The molecule has 0 heterocycles. The Balaban J connectivity index is 3.02. The maximum atomic E-state index is 8.79. The first-order valence-corrected chi connectivity index (χ1v) is 5.55. The fourth-order valence-electron chi connectivity index (χ4n) is 1.36. The summed E-state index contributed by atoms with van der Waals surface area (Å²) in [7, 11) is 0. The van der Waals surface area contributed by atoms with Crippen molar-refractivity contribution < 1.29 is 5.11 Å². The van der Waals surface area contributed by atoms with Gasteiger partial charge in [-0.2, -0.15) is 0 Å². The summed E-state index contributed by atoms with van der Waals surface area (Å²) in [6, 6.07) is 3.66. The number of aliphatic hydroxyl groups excluding tert-OH is 1. The molecule has 0 fully saturated rings. The molecule has 0 spiro atoms. The maximum Gasteiger partial charge on any atom is 0.0550 e. The molecule has 3 N–H and O–H groups in total. The number of halogens is 2. The smallest absolute Gasteiger partial charge is 0.0550 e. The van der Waals surface area contributed by atoms with Crippen molar-refractivity contribution in [1.82, 2.24) is 0 Å². The molecule has 1 aromatic carbocycles. The zero-order valence-corrected chi connectivity index (χ0v) is 10.3. The van der Waals surface area contributed by atoms with Crippen LogP contribution in [-0.2, 0) is 0 Å². The van der Waals surface area contributed by atoms with Crippen LogP contribution >= 0.6 is 27.5 Å². The van der Waals surface area contributed by atoms with Crippen LogP contribution in [0.2, 0.25) is 5.02 Å². The van der Waals surface area contributed by atoms with E-state index < -0.39 is 0 Å². The second-order valence-electron chi connectivity index (χ2n) is 3.24. The van der Waals surface area contributed by atoms with E-state index in [4.69, 9.17) is 22.4 Å². The van der Waals surface area contributed by atoms with Crippen LogP contribution in [0, 0.1) is 6.92 Å². The van der Waals surface area contributed by atoms with Gasteiger partial charge in [0, 0.05) is 17.1 Å². The Labute approximate surface area is 97.2 Å². The van der Waals surface area contributed by atoms with E-state index in [0.717, 1.165) is 15.6 Å². The van der Waals surface area contributed by atoms with Crippen molar-refractivity contribution in [3.8, 4) is 0 Å². The first-order valence-electron chi connectivity index (χ1n) is 4.38. The van der Waals surface area contributed by atoms with E-state index in [2.05, 4.69) is 15.9 Å². The summed E-state index contributed by atoms with van der Waals surface area (Å²) in [5.74, 6) is 0. The minimum Gasteiger partial charge on any atom is -0.396 e. The second kappa shape index (κ2) is 5.12. The molecule has 0 aromatic heterocycles. The van der Waals surface area contributed by atoms with E-state index in [1.807, 2.05) is 19.1 Å². The van der Waals surface area contributed by atoms with Crippen molar-refractivity contribution in [3.63, 3.8) is 0 Å². The molecular formula is C10H13BrClNO. The Morgan fingerprint density at radius 1 is 1.57 bits per heavy atom. The van der Waals surface area contributed by atoms with E-state index in [1.165, 1.54) is 0 Å². The summed E-state index contributed by atoms with van der Waals surface area (Å²) in [6.45, 7) is 2.06. The largest absolute Gasteiger partial charge is 0.396 e. The van der Waals surface area contributed by atoms with Crippen molar-refractivity contribution >= 4 is 27.5 Å². The van der Waals surface area contributed by atoms with E-state index >= 15 is 0 Å². The van der Waals surface area contributed by atoms with Crippen molar-refractivity contribution in [2.45, 2.75) is 19.4 Å². The van der Waals surface area contributed by atoms with Crippen LogP contribution < -0.4 is 5.73 Å². The SMILES string of the molecule is Cc1cc(Cl)c(Br)cc1C(N)CCO. The van der Waals surface area contributed by atoms with Crippen LogP contribution in [0.15, 0.2) is 16.6 Å². The summed E-state index contributed by atoms with van der Waals surface area (Å²) in [4.78, 5) is 0. The normalized spacial score (nSPS) is 12.9. The Morgan fingerprint density at radius 2 is 2.21 bits per heavy atom. The Bertz CT molecular complexity index is 330. The molecule has 1 aromatic rings. The molecule has 1 atom stereocenters. The number of benzene rings is 1. The fraction of sp³-hybridized carbons (Fsp3) is 0.400. The molecule has 4 heteroatoms. The minimum atomic E-state index is -0.131. The van der Waals surface area contributed by atoms with E-state index in [1.54, 1.807) is 0 Å². The van der Waals surface area contributed by atoms with Crippen LogP contribution in [0.4, 0.5) is 0 Å². The van der Waals surface area contributed by atoms with Gasteiger partial charge in [0.15, 0.2) is 0 Å². The summed E-state index contributed by atoms with van der Waals surface area (Å²) >= 11 is 9.28. The van der Waals surface area contributed by atoms with E-state index in [9.17, 15) is 0 Å². The summed E-state index contributed by atoms with van der Waals surface area (Å²) in [5.41, 5.74) is 7.98. The average molecular weight is 279 g/mol. The second-order valence-corrected chi connectivity index (χ2v) is 4.50. The molecule has 0 aliphatic rings. The predicted octanol–water partition coefficient (Wildman–Crippen LogP) is 2.79. The molecule has 0 aliphatic heterocycles. The molecule has 1 rings (SSSR count). The lowest BCUT2D eigenvalue weighted by Crippen LogP contribution is -2.13. The van der Waals surface area contributed by atoms with Gasteiger partial charge in [0.2, 0.25) is 0 Å². The van der Waals surface area contributed by atoms with Crippen molar-refractivity contribution in [2.75, 3.05) is 6.61 Å². The van der Waals surface area contributed by atoms with Gasteiger partial charge in [0.25, 0.3) is 0 Å². The summed E-state index contributed by atoms with van der Waals surface area (Å²) in [5, 5.41) is 9.48.